The summed E-state index contributed by atoms with van der Waals surface area (Å²) in [6.45, 7) is 9.25. The van der Waals surface area contributed by atoms with E-state index in [-0.39, 0.29) is 24.6 Å². The van der Waals surface area contributed by atoms with Crippen molar-refractivity contribution >= 4 is 35.6 Å². The molecule has 326 valence electrons. The number of hydrogen-bond acceptors (Lipinski definition) is 10. The fourth-order valence-corrected chi connectivity index (χ4v) is 9.03. The van der Waals surface area contributed by atoms with E-state index in [0.29, 0.717) is 67.0 Å². The largest absolute Gasteiger partial charge is 0.508 e. The van der Waals surface area contributed by atoms with Gasteiger partial charge in [0.25, 0.3) is 5.91 Å². The number of ether oxygens (including phenoxy) is 2. The van der Waals surface area contributed by atoms with Crippen LogP contribution in [-0.4, -0.2) is 101 Å². The molecule has 0 unspecified atom stereocenters. The fraction of sp³-hybridized carbons (Fsp3) is 0.522. The topological polar surface area (TPSA) is 193 Å². The van der Waals surface area contributed by atoms with Crippen molar-refractivity contribution in [1.82, 2.24) is 20.9 Å². The lowest BCUT2D eigenvalue weighted by Gasteiger charge is -2.47. The number of nitrogens with two attached hydrogens (primary N) is 1. The molecule has 1 aliphatic carbocycles. The van der Waals surface area contributed by atoms with Gasteiger partial charge < -0.3 is 41.4 Å². The predicted octanol–water partition coefficient (Wildman–Crippen LogP) is 6.30. The molecule has 60 heavy (non-hydrogen) atoms. The van der Waals surface area contributed by atoms with E-state index >= 15 is 0 Å². The Morgan fingerprint density at radius 1 is 0.950 bits per heavy atom. The second-order valence-electron chi connectivity index (χ2n) is 17.1. The fourth-order valence-electron chi connectivity index (χ4n) is 8.01. The summed E-state index contributed by atoms with van der Waals surface area (Å²) in [6, 6.07) is 19.7. The van der Waals surface area contributed by atoms with Gasteiger partial charge in [-0.15, -0.1) is 11.8 Å². The number of unbranched alkanes of at least 4 members (excludes halogenated alkanes) is 1. The summed E-state index contributed by atoms with van der Waals surface area (Å²) >= 11 is 1.54. The molecule has 6 atom stereocenters. The van der Waals surface area contributed by atoms with Gasteiger partial charge in [-0.2, -0.15) is 0 Å². The number of hydrogen-bond donors (Lipinski definition) is 6. The number of thioether (sulfide) groups is 1. The highest BCUT2D eigenvalue weighted by molar-refractivity contribution is 7.99. The number of likely N-dealkylation sites (tertiary alicyclic amines) is 1. The van der Waals surface area contributed by atoms with E-state index in [1.54, 1.807) is 43.3 Å². The van der Waals surface area contributed by atoms with E-state index in [0.717, 1.165) is 42.6 Å². The number of aliphatic carboxylic acids is 1. The Morgan fingerprint density at radius 2 is 1.67 bits per heavy atom. The second kappa shape index (κ2) is 22.2. The Hall–Kier alpha value is -4.79. The van der Waals surface area contributed by atoms with Gasteiger partial charge in [0, 0.05) is 46.9 Å². The van der Waals surface area contributed by atoms with Gasteiger partial charge >= 0.3 is 12.1 Å². The Balaban J connectivity index is 1.31. The van der Waals surface area contributed by atoms with E-state index in [1.807, 2.05) is 51.1 Å². The van der Waals surface area contributed by atoms with Crippen LogP contribution in [0, 0.1) is 18.8 Å². The highest BCUT2D eigenvalue weighted by atomic mass is 32.2. The van der Waals surface area contributed by atoms with Crippen LogP contribution in [0.4, 0.5) is 4.79 Å². The molecular formula is C46H63N5O8S. The molecule has 3 aromatic rings. The number of nitrogens with one attached hydrogen (secondary N) is 3. The summed E-state index contributed by atoms with van der Waals surface area (Å²) in [5.74, 6) is 0.385. The predicted molar refractivity (Wildman–Crippen MR) is 233 cm³/mol. The van der Waals surface area contributed by atoms with Crippen molar-refractivity contribution in [2.75, 3.05) is 32.0 Å². The highest BCUT2D eigenvalue weighted by Crippen LogP contribution is 2.39. The molecule has 14 heteroatoms. The van der Waals surface area contributed by atoms with E-state index < -0.39 is 47.7 Å². The number of nitrogens with zero attached hydrogens (tertiary/aromatic N) is 1. The number of phenols is 1. The van der Waals surface area contributed by atoms with E-state index in [4.69, 9.17) is 20.3 Å². The van der Waals surface area contributed by atoms with Crippen LogP contribution in [0.25, 0.3) is 0 Å². The van der Waals surface area contributed by atoms with Crippen molar-refractivity contribution < 1.29 is 38.9 Å². The zero-order valence-corrected chi connectivity index (χ0v) is 36.2. The monoisotopic (exact) mass is 845 g/mol. The number of aromatic hydroxyl groups is 1. The molecule has 0 radical (unpaired) electrons. The SMILES string of the molecule is Cc1c(O)cccc1C(=O)N[C@@H](CSc1ccccc1)[C@@H](CN1C[C@H]2CCCC[C@H]2C[C@H]1C(=O)NC(C)(C)C)OC(=O)NCCCCOc1ccc(C[C@H](N)C(=O)O)cc1. The van der Waals surface area contributed by atoms with Crippen LogP contribution in [0.3, 0.4) is 0 Å². The number of piperidine rings is 1. The van der Waals surface area contributed by atoms with Crippen molar-refractivity contribution in [2.24, 2.45) is 17.6 Å². The maximum atomic E-state index is 14.0. The number of carboxylic acids is 1. The van der Waals surface area contributed by atoms with Gasteiger partial charge in [0.2, 0.25) is 5.91 Å². The number of carbonyl (C=O) groups excluding carboxylic acids is 3. The summed E-state index contributed by atoms with van der Waals surface area (Å²) in [6.07, 6.45) is 5.20. The minimum atomic E-state index is -1.05. The van der Waals surface area contributed by atoms with E-state index in [9.17, 15) is 24.3 Å². The van der Waals surface area contributed by atoms with Crippen LogP contribution in [-0.2, 0) is 20.7 Å². The van der Waals surface area contributed by atoms with Crippen molar-refractivity contribution in [3.05, 3.63) is 89.5 Å². The molecular weight excluding hydrogens is 783 g/mol. The third-order valence-corrected chi connectivity index (χ3v) is 12.4. The van der Waals surface area contributed by atoms with Crippen molar-refractivity contribution in [1.29, 1.82) is 0 Å². The van der Waals surface area contributed by atoms with Crippen LogP contribution in [0.1, 0.15) is 87.2 Å². The lowest BCUT2D eigenvalue weighted by molar-refractivity contribution is -0.138. The van der Waals surface area contributed by atoms with Gasteiger partial charge in [0.1, 0.15) is 23.6 Å². The number of alkyl carbamates (subject to hydrolysis) is 1. The van der Waals surface area contributed by atoms with Crippen molar-refractivity contribution in [2.45, 2.75) is 114 Å². The molecule has 0 aromatic heterocycles. The zero-order chi connectivity index (χ0) is 43.2. The third kappa shape index (κ3) is 14.2. The minimum Gasteiger partial charge on any atom is -0.508 e. The molecule has 3 amide bonds. The summed E-state index contributed by atoms with van der Waals surface area (Å²) in [7, 11) is 0. The summed E-state index contributed by atoms with van der Waals surface area (Å²) in [4.78, 5) is 55.9. The molecule has 0 spiro atoms. The summed E-state index contributed by atoms with van der Waals surface area (Å²) < 4.78 is 12.2. The van der Waals surface area contributed by atoms with Gasteiger partial charge in [-0.3, -0.25) is 19.3 Å². The number of amides is 3. The quantitative estimate of drug-likeness (QED) is 0.0587. The van der Waals surface area contributed by atoms with Crippen LogP contribution in [0.2, 0.25) is 0 Å². The molecule has 3 aromatic carbocycles. The van der Waals surface area contributed by atoms with Gasteiger partial charge in [-0.05, 0) is 114 Å². The standard InChI is InChI=1S/C46H63N5O8S/c1-30-36(17-12-18-40(30)52)42(53)49-38(29-60-35-15-6-5-7-16-35)41(28-51-27-33-14-9-8-13-32(33)26-39(51)43(54)50-46(2,3)4)59-45(57)48-23-10-11-24-58-34-21-19-31(20-22-34)25-37(47)44(55)56/h5-7,12,15-22,32-33,37-39,41,52H,8-11,13-14,23-29,47H2,1-4H3,(H,48,57)(H,49,53)(H,50,54)(H,55,56)/t32-,33+,37-,38-,39-,41+/m0/s1. The van der Waals surface area contributed by atoms with Gasteiger partial charge in [0.15, 0.2) is 0 Å². The Morgan fingerprint density at radius 3 is 2.37 bits per heavy atom. The van der Waals surface area contributed by atoms with E-state index in [2.05, 4.69) is 20.9 Å². The highest BCUT2D eigenvalue weighted by Gasteiger charge is 2.43. The Labute approximate surface area is 358 Å². The molecule has 1 aliphatic heterocycles. The van der Waals surface area contributed by atoms with Crippen LogP contribution in [0.15, 0.2) is 77.7 Å². The molecule has 2 aliphatic rings. The average Bonchev–Trinajstić information content (AvgIpc) is 3.21. The van der Waals surface area contributed by atoms with Crippen LogP contribution >= 0.6 is 11.8 Å². The lowest BCUT2D eigenvalue weighted by Crippen LogP contribution is -2.61. The molecule has 0 bridgehead atoms. The van der Waals surface area contributed by atoms with E-state index in [1.165, 1.54) is 17.8 Å². The number of fused-ring (bicyclic) bond motifs is 1. The number of carbonyl (C=O) groups is 4. The molecule has 1 heterocycles. The molecule has 7 N–H and O–H groups in total. The first kappa shape index (κ1) is 46.3. The molecule has 13 nitrogen and oxygen atoms in total. The maximum Gasteiger partial charge on any atom is 0.407 e. The maximum absolute atomic E-state index is 14.0. The number of phenolic OH excluding ortho intramolecular Hbond substituents is 1. The second-order valence-corrected chi connectivity index (χ2v) is 18.2. The first-order valence-electron chi connectivity index (χ1n) is 21.1. The summed E-state index contributed by atoms with van der Waals surface area (Å²) in [5.41, 5.74) is 6.78. The zero-order valence-electron chi connectivity index (χ0n) is 35.4. The average molecular weight is 846 g/mol. The molecule has 1 saturated carbocycles. The summed E-state index contributed by atoms with van der Waals surface area (Å²) in [5, 5.41) is 28.8. The lowest BCUT2D eigenvalue weighted by atomic mass is 9.72. The van der Waals surface area contributed by atoms with Crippen molar-refractivity contribution in [3.8, 4) is 11.5 Å². The van der Waals surface area contributed by atoms with Crippen LogP contribution in [0.5, 0.6) is 11.5 Å². The van der Waals surface area contributed by atoms with Crippen LogP contribution < -0.4 is 26.4 Å². The normalized spacial score (nSPS) is 19.5. The van der Waals surface area contributed by atoms with Gasteiger partial charge in [0.05, 0.1) is 18.7 Å². The smallest absolute Gasteiger partial charge is 0.407 e. The number of carboxylic acid groups (broad SMARTS) is 1. The number of benzene rings is 3. The third-order valence-electron chi connectivity index (χ3n) is 11.3. The molecule has 2 fully saturated rings. The molecule has 1 saturated heterocycles. The van der Waals surface area contributed by atoms with Gasteiger partial charge in [-0.25, -0.2) is 4.79 Å². The van der Waals surface area contributed by atoms with Crippen molar-refractivity contribution in [3.63, 3.8) is 0 Å². The minimum absolute atomic E-state index is 0.00887. The Bertz CT molecular complexity index is 1870. The Kier molecular flexibility index (Phi) is 17.1. The first-order valence-corrected chi connectivity index (χ1v) is 22.1. The number of rotatable bonds is 19. The van der Waals surface area contributed by atoms with Gasteiger partial charge in [-0.1, -0.05) is 55.7 Å². The first-order chi connectivity index (χ1) is 28.7. The molecule has 5 rings (SSSR count).